The van der Waals surface area contributed by atoms with E-state index in [1.807, 2.05) is 18.2 Å². The summed E-state index contributed by atoms with van der Waals surface area (Å²) in [5, 5.41) is 0.228. The molecule has 0 amide bonds. The maximum atomic E-state index is 12.8. The lowest BCUT2D eigenvalue weighted by atomic mass is 10.1. The molecule has 4 rings (SSSR count). The number of fused-ring (bicyclic) bond motifs is 2. The molecule has 29 heavy (non-hydrogen) atoms. The second-order valence-corrected chi connectivity index (χ2v) is 7.65. The highest BCUT2D eigenvalue weighted by Crippen LogP contribution is 2.31. The molecule has 2 aromatic heterocycles. The largest absolute Gasteiger partial charge is 0.469 e. The van der Waals surface area contributed by atoms with Gasteiger partial charge in [0.1, 0.15) is 15.5 Å². The Kier molecular flexibility index (Phi) is 5.06. The highest BCUT2D eigenvalue weighted by molar-refractivity contribution is 7.20. The third-order valence-corrected chi connectivity index (χ3v) is 6.06. The molecule has 0 fully saturated rings. The van der Waals surface area contributed by atoms with E-state index in [4.69, 9.17) is 9.47 Å². The number of H-pyrrole nitrogens is 1. The predicted molar refractivity (Wildman–Crippen MR) is 108 cm³/mol. The number of hydrogen-bond donors (Lipinski definition) is 1. The Bertz CT molecular complexity index is 1170. The molecule has 0 saturated heterocycles. The van der Waals surface area contributed by atoms with Crippen LogP contribution in [-0.2, 0) is 33.7 Å². The van der Waals surface area contributed by atoms with Gasteiger partial charge >= 0.3 is 11.9 Å². The monoisotopic (exact) mass is 413 g/mol. The molecule has 0 aliphatic carbocycles. The Morgan fingerprint density at radius 1 is 1.24 bits per heavy atom. The van der Waals surface area contributed by atoms with E-state index < -0.39 is 11.9 Å². The van der Waals surface area contributed by atoms with Gasteiger partial charge in [-0.25, -0.2) is 9.78 Å². The number of para-hydroxylation sites is 1. The van der Waals surface area contributed by atoms with Crippen LogP contribution >= 0.6 is 11.3 Å². The molecule has 0 saturated carbocycles. The molecule has 1 aliphatic heterocycles. The number of hydrogen-bond acceptors (Lipinski definition) is 8. The minimum Gasteiger partial charge on any atom is -0.469 e. The first-order chi connectivity index (χ1) is 14.0. The van der Waals surface area contributed by atoms with Gasteiger partial charge in [-0.05, 0) is 18.1 Å². The molecule has 0 radical (unpaired) electrons. The molecule has 150 valence electrons. The van der Waals surface area contributed by atoms with Gasteiger partial charge in [-0.2, -0.15) is 0 Å². The molecule has 0 atom stereocenters. The average molecular weight is 413 g/mol. The lowest BCUT2D eigenvalue weighted by Crippen LogP contribution is -2.23. The van der Waals surface area contributed by atoms with Gasteiger partial charge in [0.05, 0.1) is 32.6 Å². The Morgan fingerprint density at radius 2 is 2.03 bits per heavy atom. The van der Waals surface area contributed by atoms with E-state index >= 15 is 0 Å². The van der Waals surface area contributed by atoms with Gasteiger partial charge in [-0.15, -0.1) is 11.3 Å². The number of rotatable bonds is 5. The number of aromatic amines is 1. The molecular weight excluding hydrogens is 394 g/mol. The van der Waals surface area contributed by atoms with E-state index in [0.29, 0.717) is 17.2 Å². The molecule has 0 bridgehead atoms. The molecule has 1 N–H and O–H groups in total. The first-order valence-corrected chi connectivity index (χ1v) is 9.86. The summed E-state index contributed by atoms with van der Waals surface area (Å²) in [7, 11) is 2.51. The highest BCUT2D eigenvalue weighted by Gasteiger charge is 2.25. The van der Waals surface area contributed by atoms with E-state index in [9.17, 15) is 14.4 Å². The van der Waals surface area contributed by atoms with Gasteiger partial charge in [0, 0.05) is 17.8 Å². The minimum atomic E-state index is -0.610. The number of carbonyl (C=O) groups excluding carboxylic acids is 2. The standard InChI is InChI=1S/C20H19N3O5S/c1-27-15(24)9-12-16-18(25)21-14(22-19(16)29-17(12)20(26)28-2)10-23-8-7-11-5-3-4-6-13(11)23/h3-6H,7-10H2,1-2H3,(H,21,22,25). The molecule has 0 unspecified atom stereocenters. The van der Waals surface area contributed by atoms with Crippen molar-refractivity contribution in [2.45, 2.75) is 19.4 Å². The lowest BCUT2D eigenvalue weighted by Gasteiger charge is -2.18. The third kappa shape index (κ3) is 3.49. The summed E-state index contributed by atoms with van der Waals surface area (Å²) < 4.78 is 9.51. The highest BCUT2D eigenvalue weighted by atomic mass is 32.1. The minimum absolute atomic E-state index is 0.189. The lowest BCUT2D eigenvalue weighted by molar-refractivity contribution is -0.139. The summed E-state index contributed by atoms with van der Waals surface area (Å²) in [5.41, 5.74) is 2.29. The van der Waals surface area contributed by atoms with E-state index in [1.54, 1.807) is 0 Å². The molecule has 9 heteroatoms. The fraction of sp³-hybridized carbons (Fsp3) is 0.300. The van der Waals surface area contributed by atoms with Crippen LogP contribution < -0.4 is 10.5 Å². The zero-order valence-electron chi connectivity index (χ0n) is 16.0. The van der Waals surface area contributed by atoms with Crippen molar-refractivity contribution in [3.05, 3.63) is 56.4 Å². The number of methoxy groups -OCH3 is 2. The Labute approximate surface area is 170 Å². The topological polar surface area (TPSA) is 102 Å². The van der Waals surface area contributed by atoms with Crippen LogP contribution in [-0.4, -0.2) is 42.7 Å². The zero-order valence-corrected chi connectivity index (χ0v) is 16.8. The normalized spacial score (nSPS) is 12.8. The van der Waals surface area contributed by atoms with E-state index in [2.05, 4.69) is 20.9 Å². The van der Waals surface area contributed by atoms with Gasteiger partial charge in [-0.3, -0.25) is 9.59 Å². The third-order valence-electron chi connectivity index (χ3n) is 4.95. The molecule has 1 aliphatic rings. The summed E-state index contributed by atoms with van der Waals surface area (Å²) in [6, 6.07) is 8.14. The van der Waals surface area contributed by atoms with E-state index in [1.165, 1.54) is 19.8 Å². The predicted octanol–water partition coefficient (Wildman–Crippen LogP) is 2.05. The van der Waals surface area contributed by atoms with Crippen molar-refractivity contribution in [1.82, 2.24) is 9.97 Å². The number of aromatic nitrogens is 2. The first kappa shape index (κ1) is 19.1. The van der Waals surface area contributed by atoms with Crippen molar-refractivity contribution < 1.29 is 19.1 Å². The number of benzene rings is 1. The van der Waals surface area contributed by atoms with Crippen molar-refractivity contribution in [2.75, 3.05) is 25.7 Å². The summed E-state index contributed by atoms with van der Waals surface area (Å²) in [5.74, 6) is -0.658. The maximum Gasteiger partial charge on any atom is 0.348 e. The van der Waals surface area contributed by atoms with Crippen molar-refractivity contribution in [2.24, 2.45) is 0 Å². The Balaban J connectivity index is 1.75. The molecule has 3 heterocycles. The molecular formula is C20H19N3O5S. The number of nitrogens with one attached hydrogen (secondary N) is 1. The number of carbonyl (C=O) groups is 2. The van der Waals surface area contributed by atoms with Crippen molar-refractivity contribution in [3.8, 4) is 0 Å². The molecule has 0 spiro atoms. The van der Waals surface area contributed by atoms with Crippen LogP contribution in [0.25, 0.3) is 10.2 Å². The van der Waals surface area contributed by atoms with Gasteiger partial charge < -0.3 is 19.4 Å². The van der Waals surface area contributed by atoms with Crippen molar-refractivity contribution >= 4 is 39.2 Å². The summed E-state index contributed by atoms with van der Waals surface area (Å²) in [6.07, 6.45) is 0.738. The number of anilines is 1. The van der Waals surface area contributed by atoms with Crippen molar-refractivity contribution in [3.63, 3.8) is 0 Å². The number of ether oxygens (including phenoxy) is 2. The van der Waals surface area contributed by atoms with Crippen LogP contribution in [0.2, 0.25) is 0 Å². The average Bonchev–Trinajstić information content (AvgIpc) is 3.29. The van der Waals surface area contributed by atoms with Crippen LogP contribution in [0.3, 0.4) is 0 Å². The first-order valence-electron chi connectivity index (χ1n) is 9.04. The smallest absolute Gasteiger partial charge is 0.348 e. The van der Waals surface area contributed by atoms with Gasteiger partial charge in [0.25, 0.3) is 5.56 Å². The Hall–Kier alpha value is -3.20. The summed E-state index contributed by atoms with van der Waals surface area (Å²) in [6.45, 7) is 1.28. The number of thiophene rings is 1. The van der Waals surface area contributed by atoms with Crippen LogP contribution in [0, 0.1) is 0 Å². The molecule has 3 aromatic rings. The van der Waals surface area contributed by atoms with E-state index in [-0.39, 0.29) is 27.8 Å². The van der Waals surface area contributed by atoms with Gasteiger partial charge in [0.2, 0.25) is 0 Å². The second kappa shape index (κ2) is 7.67. The van der Waals surface area contributed by atoms with Crippen LogP contribution in [0.1, 0.15) is 26.6 Å². The van der Waals surface area contributed by atoms with Crippen LogP contribution in [0.5, 0.6) is 0 Å². The van der Waals surface area contributed by atoms with Crippen LogP contribution in [0.4, 0.5) is 5.69 Å². The maximum absolute atomic E-state index is 12.8. The fourth-order valence-electron chi connectivity index (χ4n) is 3.58. The van der Waals surface area contributed by atoms with Gasteiger partial charge in [0.15, 0.2) is 0 Å². The summed E-state index contributed by atoms with van der Waals surface area (Å²) >= 11 is 1.05. The fourth-order valence-corrected chi connectivity index (χ4v) is 4.71. The van der Waals surface area contributed by atoms with Crippen molar-refractivity contribution in [1.29, 1.82) is 0 Å². The number of esters is 2. The summed E-state index contributed by atoms with van der Waals surface area (Å²) in [4.78, 5) is 46.9. The number of nitrogens with zero attached hydrogens (tertiary/aromatic N) is 2. The van der Waals surface area contributed by atoms with Gasteiger partial charge in [-0.1, -0.05) is 18.2 Å². The SMILES string of the molecule is COC(=O)Cc1c(C(=O)OC)sc2nc(CN3CCc4ccccc43)[nH]c(=O)c12. The quantitative estimate of drug-likeness (QED) is 0.639. The van der Waals surface area contributed by atoms with E-state index in [0.717, 1.165) is 30.0 Å². The molecule has 8 nitrogen and oxygen atoms in total. The molecule has 1 aromatic carbocycles. The second-order valence-electron chi connectivity index (χ2n) is 6.65. The Morgan fingerprint density at radius 3 is 2.79 bits per heavy atom. The zero-order chi connectivity index (χ0) is 20.5. The van der Waals surface area contributed by atoms with Crippen LogP contribution in [0.15, 0.2) is 29.1 Å².